The molecule has 2 amide bonds. The van der Waals surface area contributed by atoms with Gasteiger partial charge in [-0.2, -0.15) is 15.0 Å². The van der Waals surface area contributed by atoms with Crippen LogP contribution in [0.5, 0.6) is 11.8 Å². The Labute approximate surface area is 155 Å². The molecule has 2 rings (SSSR count). The topological polar surface area (TPSA) is 138 Å². The van der Waals surface area contributed by atoms with E-state index in [2.05, 4.69) is 15.0 Å². The van der Waals surface area contributed by atoms with E-state index in [9.17, 15) is 13.2 Å². The number of nitrogens with zero attached hydrogens (tertiary/aromatic N) is 4. The molecule has 1 aromatic carbocycles. The van der Waals surface area contributed by atoms with Crippen molar-refractivity contribution in [2.75, 3.05) is 23.9 Å². The molecule has 0 fully saturated rings. The largest absolute Gasteiger partial charge is 0.491 e. The second-order valence-electron chi connectivity index (χ2n) is 4.76. The van der Waals surface area contributed by atoms with Gasteiger partial charge in [0.15, 0.2) is 0 Å². The molecule has 0 unspecified atom stereocenters. The normalized spacial score (nSPS) is 11.0. The lowest BCUT2D eigenvalue weighted by molar-refractivity contribution is 0.256. The highest BCUT2D eigenvalue weighted by Gasteiger charge is 2.34. The summed E-state index contributed by atoms with van der Waals surface area (Å²) in [5.74, 6) is -0.191. The van der Waals surface area contributed by atoms with E-state index in [1.807, 2.05) is 0 Å². The van der Waals surface area contributed by atoms with Crippen LogP contribution < -0.4 is 19.5 Å². The van der Waals surface area contributed by atoms with Gasteiger partial charge in [-0.05, 0) is 19.1 Å². The zero-order valence-corrected chi connectivity index (χ0v) is 15.5. The Morgan fingerprint density at radius 3 is 2.58 bits per heavy atom. The molecular formula is C14H16ClN5O5S. The number of primary amides is 1. The van der Waals surface area contributed by atoms with Crippen molar-refractivity contribution in [3.05, 3.63) is 30.1 Å². The van der Waals surface area contributed by atoms with Crippen molar-refractivity contribution in [2.45, 2.75) is 11.8 Å². The van der Waals surface area contributed by atoms with Gasteiger partial charge in [-0.15, -0.1) is 15.9 Å². The van der Waals surface area contributed by atoms with Gasteiger partial charge in [0.1, 0.15) is 23.1 Å². The number of amides is 2. The van der Waals surface area contributed by atoms with Gasteiger partial charge < -0.3 is 15.2 Å². The molecule has 0 radical (unpaired) electrons. The number of methoxy groups -OCH3 is 1. The van der Waals surface area contributed by atoms with Gasteiger partial charge in [0.2, 0.25) is 0 Å². The number of para-hydroxylation sites is 1. The SMILES string of the molecule is COc1nc(C)nc(N(C(N)=O)S(=O)(=O)c2ccccc2OCCCl)n1. The Morgan fingerprint density at radius 2 is 1.96 bits per heavy atom. The first-order valence-corrected chi connectivity index (χ1v) is 9.18. The standard InChI is InChI=1S/C14H16ClN5O5S/c1-9-17-13(19-14(18-9)24-2)20(12(16)21)26(22,23)11-6-4-3-5-10(11)25-8-7-15/h3-6H,7-8H2,1-2H3,(H2,16,21). The average Bonchev–Trinajstić information content (AvgIpc) is 2.59. The van der Waals surface area contributed by atoms with E-state index >= 15 is 0 Å². The van der Waals surface area contributed by atoms with Crippen LogP contribution >= 0.6 is 11.6 Å². The van der Waals surface area contributed by atoms with Crippen molar-refractivity contribution in [1.82, 2.24) is 15.0 Å². The van der Waals surface area contributed by atoms with Gasteiger partial charge in [-0.25, -0.2) is 13.2 Å². The van der Waals surface area contributed by atoms with E-state index in [0.717, 1.165) is 0 Å². The number of benzene rings is 1. The Balaban J connectivity index is 2.61. The molecule has 0 saturated heterocycles. The smallest absolute Gasteiger partial charge is 0.336 e. The Hall–Kier alpha value is -2.66. The van der Waals surface area contributed by atoms with Crippen molar-refractivity contribution >= 4 is 33.6 Å². The average molecular weight is 402 g/mol. The van der Waals surface area contributed by atoms with E-state index in [0.29, 0.717) is 0 Å². The summed E-state index contributed by atoms with van der Waals surface area (Å²) in [4.78, 5) is 23.1. The van der Waals surface area contributed by atoms with E-state index in [-0.39, 0.29) is 39.3 Å². The minimum absolute atomic E-state index is 0.0112. The third-order valence-electron chi connectivity index (χ3n) is 2.98. The number of aryl methyl sites for hydroxylation is 1. The summed E-state index contributed by atoms with van der Waals surface area (Å²) in [5.41, 5.74) is 5.29. The Kier molecular flexibility index (Phi) is 6.16. The number of urea groups is 1. The van der Waals surface area contributed by atoms with Crippen LogP contribution in [0.2, 0.25) is 0 Å². The number of hydrogen-bond donors (Lipinski definition) is 1. The summed E-state index contributed by atoms with van der Waals surface area (Å²) in [6.45, 7) is 1.56. The van der Waals surface area contributed by atoms with Crippen LogP contribution in [0.1, 0.15) is 5.82 Å². The van der Waals surface area contributed by atoms with Crippen LogP contribution in [-0.2, 0) is 10.0 Å². The predicted octanol–water partition coefficient (Wildman–Crippen LogP) is 1.08. The highest BCUT2D eigenvalue weighted by molar-refractivity contribution is 7.93. The van der Waals surface area contributed by atoms with Crippen LogP contribution in [-0.4, -0.2) is 49.0 Å². The number of hydrogen-bond acceptors (Lipinski definition) is 8. The Bertz CT molecular complexity index is 908. The lowest BCUT2D eigenvalue weighted by atomic mass is 10.3. The van der Waals surface area contributed by atoms with E-state index in [1.54, 1.807) is 6.07 Å². The lowest BCUT2D eigenvalue weighted by Gasteiger charge is -2.20. The fourth-order valence-corrected chi connectivity index (χ4v) is 3.42. The van der Waals surface area contributed by atoms with Gasteiger partial charge >= 0.3 is 12.0 Å². The second-order valence-corrected chi connectivity index (χ2v) is 6.89. The molecule has 2 N–H and O–H groups in total. The molecular weight excluding hydrogens is 386 g/mol. The number of aromatic nitrogens is 3. The predicted molar refractivity (Wildman–Crippen MR) is 93.0 cm³/mol. The summed E-state index contributed by atoms with van der Waals surface area (Å²) < 4.78 is 36.6. The van der Waals surface area contributed by atoms with Crippen LogP contribution in [0.15, 0.2) is 29.2 Å². The fraction of sp³-hybridized carbons (Fsp3) is 0.286. The molecule has 10 nitrogen and oxygen atoms in total. The summed E-state index contributed by atoms with van der Waals surface area (Å²) in [6, 6.07) is 4.27. The van der Waals surface area contributed by atoms with Crippen molar-refractivity contribution < 1.29 is 22.7 Å². The van der Waals surface area contributed by atoms with Gasteiger partial charge in [0, 0.05) is 0 Å². The lowest BCUT2D eigenvalue weighted by Crippen LogP contribution is -2.42. The van der Waals surface area contributed by atoms with E-state index < -0.39 is 22.0 Å². The molecule has 26 heavy (non-hydrogen) atoms. The van der Waals surface area contributed by atoms with Crippen molar-refractivity contribution in [3.63, 3.8) is 0 Å². The zero-order valence-electron chi connectivity index (χ0n) is 13.9. The van der Waals surface area contributed by atoms with Crippen molar-refractivity contribution in [3.8, 4) is 11.8 Å². The molecule has 0 aliphatic carbocycles. The number of nitrogens with two attached hydrogens (primary N) is 1. The molecule has 12 heteroatoms. The molecule has 140 valence electrons. The highest BCUT2D eigenvalue weighted by Crippen LogP contribution is 2.29. The molecule has 1 heterocycles. The second kappa shape index (κ2) is 8.15. The minimum Gasteiger partial charge on any atom is -0.491 e. The summed E-state index contributed by atoms with van der Waals surface area (Å²) >= 11 is 5.58. The van der Waals surface area contributed by atoms with Crippen molar-refractivity contribution in [2.24, 2.45) is 5.73 Å². The van der Waals surface area contributed by atoms with Gasteiger partial charge in [-0.3, -0.25) is 0 Å². The quantitative estimate of drug-likeness (QED) is 0.680. The number of halogens is 1. The number of alkyl halides is 1. The highest BCUT2D eigenvalue weighted by atomic mass is 35.5. The number of carbonyl (C=O) groups excluding carboxylic acids is 1. The molecule has 0 bridgehead atoms. The minimum atomic E-state index is -4.47. The van der Waals surface area contributed by atoms with Crippen molar-refractivity contribution in [1.29, 1.82) is 0 Å². The number of ether oxygens (including phenoxy) is 2. The van der Waals surface area contributed by atoms with Gasteiger partial charge in [0.05, 0.1) is 13.0 Å². The fourth-order valence-electron chi connectivity index (χ4n) is 1.98. The zero-order chi connectivity index (χ0) is 19.3. The van der Waals surface area contributed by atoms with Crippen LogP contribution in [0.25, 0.3) is 0 Å². The summed E-state index contributed by atoms with van der Waals surface area (Å²) in [7, 11) is -3.19. The molecule has 0 spiro atoms. The van der Waals surface area contributed by atoms with E-state index in [4.69, 9.17) is 26.8 Å². The van der Waals surface area contributed by atoms with Crippen LogP contribution in [0, 0.1) is 6.92 Å². The maximum absolute atomic E-state index is 13.0. The third kappa shape index (κ3) is 4.11. The van der Waals surface area contributed by atoms with Gasteiger partial charge in [-0.1, -0.05) is 12.1 Å². The maximum Gasteiger partial charge on any atom is 0.336 e. The summed E-state index contributed by atoms with van der Waals surface area (Å²) in [6.07, 6.45) is 0. The first-order chi connectivity index (χ1) is 12.3. The van der Waals surface area contributed by atoms with Gasteiger partial charge in [0.25, 0.3) is 16.0 Å². The third-order valence-corrected chi connectivity index (χ3v) is 4.85. The number of sulfonamides is 1. The molecule has 1 aromatic heterocycles. The molecule has 0 atom stereocenters. The number of anilines is 1. The summed E-state index contributed by atoms with van der Waals surface area (Å²) in [5, 5.41) is 0. The van der Waals surface area contributed by atoms with Crippen LogP contribution in [0.4, 0.5) is 10.7 Å². The number of rotatable bonds is 7. The first kappa shape index (κ1) is 19.7. The molecule has 0 saturated carbocycles. The Morgan fingerprint density at radius 1 is 1.27 bits per heavy atom. The first-order valence-electron chi connectivity index (χ1n) is 7.20. The molecule has 0 aliphatic rings. The van der Waals surface area contributed by atoms with E-state index in [1.165, 1.54) is 32.2 Å². The maximum atomic E-state index is 13.0. The monoisotopic (exact) mass is 401 g/mol. The number of carbonyl (C=O) groups is 1. The molecule has 0 aliphatic heterocycles. The molecule has 2 aromatic rings. The van der Waals surface area contributed by atoms with Crippen LogP contribution in [0.3, 0.4) is 0 Å².